The molecule has 3 aromatic rings. The summed E-state index contributed by atoms with van der Waals surface area (Å²) in [6.07, 6.45) is 0. The molecule has 2 aromatic carbocycles. The molecule has 0 aliphatic heterocycles. The van der Waals surface area contributed by atoms with Gasteiger partial charge in [-0.25, -0.2) is 0 Å². The van der Waals surface area contributed by atoms with Crippen molar-refractivity contribution in [2.24, 2.45) is 0 Å². The summed E-state index contributed by atoms with van der Waals surface area (Å²) in [6, 6.07) is 16.1. The van der Waals surface area contributed by atoms with Crippen molar-refractivity contribution in [3.8, 4) is 10.8 Å². The number of ether oxygens (including phenoxy) is 1. The molecule has 19 heavy (non-hydrogen) atoms. The minimum absolute atomic E-state index is 0.842. The Kier molecular flexibility index (Phi) is 3.44. The lowest BCUT2D eigenvalue weighted by molar-refractivity contribution is 0.501. The number of aromatic nitrogens is 1. The molecule has 0 aliphatic rings. The topological polar surface area (TPSA) is 34.1 Å². The van der Waals surface area contributed by atoms with Crippen molar-refractivity contribution in [1.82, 2.24) is 9.69 Å². The van der Waals surface area contributed by atoms with Crippen LogP contribution >= 0.6 is 11.5 Å². The lowest BCUT2D eigenvalue weighted by atomic mass is 10.2. The number of rotatable bonds is 4. The predicted molar refractivity (Wildman–Crippen MR) is 78.9 cm³/mol. The zero-order chi connectivity index (χ0) is 13.1. The van der Waals surface area contributed by atoms with Gasteiger partial charge in [-0.15, -0.1) is 0 Å². The highest BCUT2D eigenvalue weighted by molar-refractivity contribution is 7.09. The van der Waals surface area contributed by atoms with E-state index < -0.39 is 0 Å². The van der Waals surface area contributed by atoms with Crippen LogP contribution in [0, 0.1) is 0 Å². The zero-order valence-corrected chi connectivity index (χ0v) is 11.4. The van der Waals surface area contributed by atoms with Crippen LogP contribution in [0.4, 0.5) is 0 Å². The third kappa shape index (κ3) is 2.59. The molecule has 4 heteroatoms. The summed E-state index contributed by atoms with van der Waals surface area (Å²) in [6.45, 7) is 0.865. The van der Waals surface area contributed by atoms with Crippen molar-refractivity contribution in [1.29, 1.82) is 0 Å². The summed E-state index contributed by atoms with van der Waals surface area (Å²) in [4.78, 5) is 0. The van der Waals surface area contributed by atoms with Crippen molar-refractivity contribution in [2.75, 3.05) is 7.05 Å². The first-order valence-electron chi connectivity index (χ1n) is 6.12. The van der Waals surface area contributed by atoms with E-state index >= 15 is 0 Å². The molecule has 1 aromatic heterocycles. The maximum absolute atomic E-state index is 5.90. The Hall–Kier alpha value is -1.91. The Bertz CT molecular complexity index is 676. The highest BCUT2D eigenvalue weighted by Crippen LogP contribution is 2.33. The summed E-state index contributed by atoms with van der Waals surface area (Å²) in [5.41, 5.74) is 2.22. The number of benzene rings is 2. The van der Waals surface area contributed by atoms with Crippen LogP contribution < -0.4 is 10.1 Å². The largest absolute Gasteiger partial charge is 0.444 e. The molecule has 1 N–H and O–H groups in total. The van der Waals surface area contributed by atoms with Crippen molar-refractivity contribution >= 4 is 22.4 Å². The molecule has 0 fully saturated rings. The van der Waals surface area contributed by atoms with Crippen LogP contribution in [-0.2, 0) is 6.54 Å². The molecule has 0 saturated carbocycles. The molecule has 0 unspecified atom stereocenters. The van der Waals surface area contributed by atoms with Crippen molar-refractivity contribution in [3.05, 3.63) is 54.1 Å². The molecule has 0 amide bonds. The highest BCUT2D eigenvalue weighted by atomic mass is 32.1. The van der Waals surface area contributed by atoms with Crippen LogP contribution in [-0.4, -0.2) is 11.4 Å². The third-order valence-corrected chi connectivity index (χ3v) is 3.62. The number of fused-ring (bicyclic) bond motifs is 1. The van der Waals surface area contributed by atoms with E-state index in [0.717, 1.165) is 28.3 Å². The van der Waals surface area contributed by atoms with Gasteiger partial charge in [0, 0.05) is 18.1 Å². The molecule has 0 radical (unpaired) electrons. The first kappa shape index (κ1) is 12.1. The first-order chi connectivity index (χ1) is 9.36. The molecule has 0 spiro atoms. The lowest BCUT2D eigenvalue weighted by Gasteiger charge is -2.04. The van der Waals surface area contributed by atoms with Gasteiger partial charge in [-0.05, 0) is 36.9 Å². The molecule has 0 saturated heterocycles. The Labute approximate surface area is 116 Å². The number of nitrogens with zero attached hydrogens (tertiary/aromatic N) is 1. The van der Waals surface area contributed by atoms with Crippen molar-refractivity contribution < 1.29 is 4.74 Å². The van der Waals surface area contributed by atoms with Gasteiger partial charge in [0.1, 0.15) is 5.75 Å². The summed E-state index contributed by atoms with van der Waals surface area (Å²) in [7, 11) is 1.94. The SMILES string of the molecule is CNCc1ccc(Oc2snc3ccccc23)cc1. The smallest absolute Gasteiger partial charge is 0.207 e. The number of hydrogen-bond donors (Lipinski definition) is 1. The first-order valence-corrected chi connectivity index (χ1v) is 6.90. The molecule has 0 atom stereocenters. The van der Waals surface area contributed by atoms with Crippen LogP contribution in [0.25, 0.3) is 10.9 Å². The summed E-state index contributed by atoms with van der Waals surface area (Å²) >= 11 is 1.39. The quantitative estimate of drug-likeness (QED) is 0.783. The van der Waals surface area contributed by atoms with Gasteiger partial charge in [-0.1, -0.05) is 24.3 Å². The standard InChI is InChI=1S/C15H14N2OS/c1-16-10-11-6-8-12(9-7-11)18-15-13-4-2-3-5-14(13)17-19-15/h2-9,16H,10H2,1H3. The van der Waals surface area contributed by atoms with Crippen molar-refractivity contribution in [3.63, 3.8) is 0 Å². The molecule has 3 nitrogen and oxygen atoms in total. The minimum Gasteiger partial charge on any atom is -0.444 e. The molecule has 3 rings (SSSR count). The Morgan fingerprint density at radius 2 is 1.89 bits per heavy atom. The van der Waals surface area contributed by atoms with E-state index in [0.29, 0.717) is 0 Å². The van der Waals surface area contributed by atoms with Gasteiger partial charge in [0.15, 0.2) is 0 Å². The van der Waals surface area contributed by atoms with Gasteiger partial charge in [-0.3, -0.25) is 0 Å². The second-order valence-electron chi connectivity index (χ2n) is 4.26. The molecule has 0 aliphatic carbocycles. The van der Waals surface area contributed by atoms with Crippen LogP contribution in [0.1, 0.15) is 5.56 Å². The Morgan fingerprint density at radius 3 is 2.68 bits per heavy atom. The number of nitrogens with one attached hydrogen (secondary N) is 1. The van der Waals surface area contributed by atoms with Gasteiger partial charge in [0.05, 0.1) is 10.9 Å². The fraction of sp³-hybridized carbons (Fsp3) is 0.133. The van der Waals surface area contributed by atoms with Crippen LogP contribution in [0.15, 0.2) is 48.5 Å². The van der Waals surface area contributed by atoms with Gasteiger partial charge >= 0.3 is 0 Å². The molecule has 1 heterocycles. The van der Waals surface area contributed by atoms with E-state index in [1.54, 1.807) is 0 Å². The predicted octanol–water partition coefficient (Wildman–Crippen LogP) is 3.81. The molecular formula is C15H14N2OS. The normalized spacial score (nSPS) is 10.8. The third-order valence-electron chi connectivity index (χ3n) is 2.87. The molecule has 0 bridgehead atoms. The summed E-state index contributed by atoms with van der Waals surface area (Å²) in [5, 5.41) is 5.03. The van der Waals surface area contributed by atoms with E-state index in [9.17, 15) is 0 Å². The van der Waals surface area contributed by atoms with E-state index in [1.807, 2.05) is 43.4 Å². The Balaban J connectivity index is 1.84. The zero-order valence-electron chi connectivity index (χ0n) is 10.6. The molecular weight excluding hydrogens is 256 g/mol. The average molecular weight is 270 g/mol. The van der Waals surface area contributed by atoms with Gasteiger partial charge < -0.3 is 10.1 Å². The van der Waals surface area contributed by atoms with E-state index in [4.69, 9.17) is 4.74 Å². The van der Waals surface area contributed by atoms with Gasteiger partial charge in [0.25, 0.3) is 0 Å². The second kappa shape index (κ2) is 5.38. The van der Waals surface area contributed by atoms with Crippen LogP contribution in [0.3, 0.4) is 0 Å². The van der Waals surface area contributed by atoms with Gasteiger partial charge in [-0.2, -0.15) is 4.37 Å². The second-order valence-corrected chi connectivity index (χ2v) is 5.00. The maximum Gasteiger partial charge on any atom is 0.207 e. The highest BCUT2D eigenvalue weighted by Gasteiger charge is 2.07. The fourth-order valence-electron chi connectivity index (χ4n) is 1.93. The van der Waals surface area contributed by atoms with Crippen molar-refractivity contribution in [2.45, 2.75) is 6.54 Å². The molecule has 96 valence electrons. The fourth-order valence-corrected chi connectivity index (χ4v) is 2.67. The van der Waals surface area contributed by atoms with Crippen LogP contribution in [0.2, 0.25) is 0 Å². The average Bonchev–Trinajstić information content (AvgIpc) is 2.85. The number of hydrogen-bond acceptors (Lipinski definition) is 4. The Morgan fingerprint density at radius 1 is 1.11 bits per heavy atom. The monoisotopic (exact) mass is 270 g/mol. The van der Waals surface area contributed by atoms with E-state index in [2.05, 4.69) is 21.8 Å². The minimum atomic E-state index is 0.842. The van der Waals surface area contributed by atoms with E-state index in [-0.39, 0.29) is 0 Å². The summed E-state index contributed by atoms with van der Waals surface area (Å²) in [5.74, 6) is 0.842. The maximum atomic E-state index is 5.90. The van der Waals surface area contributed by atoms with Gasteiger partial charge in [0.2, 0.25) is 5.06 Å². The summed E-state index contributed by atoms with van der Waals surface area (Å²) < 4.78 is 10.3. The van der Waals surface area contributed by atoms with Crippen LogP contribution in [0.5, 0.6) is 10.8 Å². The van der Waals surface area contributed by atoms with E-state index in [1.165, 1.54) is 17.1 Å². The lowest BCUT2D eigenvalue weighted by Crippen LogP contribution is -2.04.